The average molecular weight is 329 g/mol. The first kappa shape index (κ1) is 16.0. The Kier molecular flexibility index (Phi) is 5.38. The number of rotatable bonds is 6. The van der Waals surface area contributed by atoms with Gasteiger partial charge in [0.1, 0.15) is 5.75 Å². The second-order valence-electron chi connectivity index (χ2n) is 5.24. The number of nitrogens with two attached hydrogens (primary N) is 1. The average Bonchev–Trinajstić information content (AvgIpc) is 2.35. The van der Waals surface area contributed by atoms with E-state index in [0.29, 0.717) is 6.54 Å². The van der Waals surface area contributed by atoms with Crippen molar-refractivity contribution in [1.29, 1.82) is 0 Å². The lowest BCUT2D eigenvalue weighted by molar-refractivity contribution is -0.125. The molecule has 0 saturated heterocycles. The van der Waals surface area contributed by atoms with Crippen LogP contribution in [0.5, 0.6) is 5.75 Å². The van der Waals surface area contributed by atoms with Crippen LogP contribution in [0.25, 0.3) is 0 Å². The van der Waals surface area contributed by atoms with Gasteiger partial charge >= 0.3 is 0 Å². The van der Waals surface area contributed by atoms with Crippen LogP contribution < -0.4 is 15.8 Å². The van der Waals surface area contributed by atoms with Crippen molar-refractivity contribution >= 4 is 21.8 Å². The van der Waals surface area contributed by atoms with Gasteiger partial charge in [-0.05, 0) is 38.5 Å². The Morgan fingerprint density at radius 2 is 2.16 bits per heavy atom. The third kappa shape index (κ3) is 4.21. The molecule has 0 saturated carbocycles. The van der Waals surface area contributed by atoms with E-state index in [-0.39, 0.29) is 11.9 Å². The van der Waals surface area contributed by atoms with Crippen molar-refractivity contribution in [2.24, 2.45) is 11.1 Å². The van der Waals surface area contributed by atoms with Crippen LogP contribution in [-0.2, 0) is 4.79 Å². The van der Waals surface area contributed by atoms with E-state index in [9.17, 15) is 4.79 Å². The topological polar surface area (TPSA) is 64.3 Å². The standard InChI is InChI=1S/C14H21BrN2O2/c1-9(17-8-14(2,3)13(16)18)11-6-5-10(19-4)7-12(11)15/h5-7,9,17H,8H2,1-4H3,(H2,16,18)/t9-/m1/s1. The molecule has 0 aliphatic carbocycles. The largest absolute Gasteiger partial charge is 0.497 e. The third-order valence-electron chi connectivity index (χ3n) is 3.19. The first-order valence-corrected chi connectivity index (χ1v) is 6.94. The molecule has 1 rings (SSSR count). The Morgan fingerprint density at radius 3 is 2.63 bits per heavy atom. The quantitative estimate of drug-likeness (QED) is 0.843. The Labute approximate surface area is 122 Å². The summed E-state index contributed by atoms with van der Waals surface area (Å²) in [7, 11) is 1.64. The number of halogens is 1. The Hall–Kier alpha value is -1.07. The van der Waals surface area contributed by atoms with Crippen molar-refractivity contribution in [3.63, 3.8) is 0 Å². The van der Waals surface area contributed by atoms with Crippen LogP contribution in [0.3, 0.4) is 0 Å². The van der Waals surface area contributed by atoms with E-state index >= 15 is 0 Å². The Bertz CT molecular complexity index is 461. The second-order valence-corrected chi connectivity index (χ2v) is 6.09. The van der Waals surface area contributed by atoms with Gasteiger partial charge in [0, 0.05) is 17.1 Å². The highest BCUT2D eigenvalue weighted by atomic mass is 79.9. The molecular formula is C14H21BrN2O2. The fraction of sp³-hybridized carbons (Fsp3) is 0.500. The van der Waals surface area contributed by atoms with E-state index in [1.165, 1.54) is 0 Å². The fourth-order valence-electron chi connectivity index (χ4n) is 1.59. The van der Waals surface area contributed by atoms with Crippen LogP contribution in [0.2, 0.25) is 0 Å². The predicted octanol–water partition coefficient (Wildman–Crippen LogP) is 2.62. The number of carbonyl (C=O) groups excluding carboxylic acids is 1. The summed E-state index contributed by atoms with van der Waals surface area (Å²) >= 11 is 3.53. The highest BCUT2D eigenvalue weighted by molar-refractivity contribution is 9.10. The maximum atomic E-state index is 11.3. The Morgan fingerprint density at radius 1 is 1.53 bits per heavy atom. The van der Waals surface area contributed by atoms with Crippen LogP contribution in [0.4, 0.5) is 0 Å². The summed E-state index contributed by atoms with van der Waals surface area (Å²) in [5.74, 6) is 0.501. The molecule has 0 aliphatic rings. The smallest absolute Gasteiger partial charge is 0.224 e. The van der Waals surface area contributed by atoms with Crippen molar-refractivity contribution in [2.75, 3.05) is 13.7 Å². The summed E-state index contributed by atoms with van der Waals surface area (Å²) in [6.45, 7) is 6.24. The summed E-state index contributed by atoms with van der Waals surface area (Å²) in [6, 6.07) is 5.95. The molecule has 4 nitrogen and oxygen atoms in total. The zero-order valence-electron chi connectivity index (χ0n) is 11.8. The zero-order chi connectivity index (χ0) is 14.6. The Balaban J connectivity index is 2.74. The van der Waals surface area contributed by atoms with Gasteiger partial charge in [-0.15, -0.1) is 0 Å². The van der Waals surface area contributed by atoms with E-state index in [2.05, 4.69) is 21.2 Å². The SMILES string of the molecule is COc1ccc([C@@H](C)NCC(C)(C)C(N)=O)c(Br)c1. The van der Waals surface area contributed by atoms with E-state index in [4.69, 9.17) is 10.5 Å². The lowest BCUT2D eigenvalue weighted by Crippen LogP contribution is -2.41. The number of methoxy groups -OCH3 is 1. The van der Waals surface area contributed by atoms with Gasteiger partial charge in [0.2, 0.25) is 5.91 Å². The third-order valence-corrected chi connectivity index (χ3v) is 3.88. The van der Waals surface area contributed by atoms with Crippen molar-refractivity contribution in [3.05, 3.63) is 28.2 Å². The molecule has 1 aromatic rings. The molecule has 1 atom stereocenters. The molecule has 3 N–H and O–H groups in total. The molecule has 0 bridgehead atoms. The van der Waals surface area contributed by atoms with Gasteiger partial charge in [-0.3, -0.25) is 4.79 Å². The molecule has 0 fully saturated rings. The van der Waals surface area contributed by atoms with Crippen LogP contribution in [0.1, 0.15) is 32.4 Å². The lowest BCUT2D eigenvalue weighted by Gasteiger charge is -2.24. The predicted molar refractivity (Wildman–Crippen MR) is 80.1 cm³/mol. The van der Waals surface area contributed by atoms with E-state index in [0.717, 1.165) is 15.8 Å². The molecule has 19 heavy (non-hydrogen) atoms. The number of nitrogens with one attached hydrogen (secondary N) is 1. The maximum absolute atomic E-state index is 11.3. The maximum Gasteiger partial charge on any atom is 0.224 e. The van der Waals surface area contributed by atoms with Gasteiger partial charge in [-0.2, -0.15) is 0 Å². The minimum atomic E-state index is -0.562. The lowest BCUT2D eigenvalue weighted by atomic mass is 9.92. The number of hydrogen-bond donors (Lipinski definition) is 2. The number of carbonyl (C=O) groups is 1. The van der Waals surface area contributed by atoms with Crippen molar-refractivity contribution in [1.82, 2.24) is 5.32 Å². The van der Waals surface area contributed by atoms with Gasteiger partial charge in [0.25, 0.3) is 0 Å². The molecule has 1 aromatic carbocycles. The summed E-state index contributed by atoms with van der Waals surface area (Å²) < 4.78 is 6.14. The molecule has 0 heterocycles. The fourth-order valence-corrected chi connectivity index (χ4v) is 2.29. The number of benzene rings is 1. The van der Waals surface area contributed by atoms with E-state index in [1.807, 2.05) is 39.0 Å². The molecule has 106 valence electrons. The minimum absolute atomic E-state index is 0.110. The van der Waals surface area contributed by atoms with Crippen LogP contribution in [0, 0.1) is 5.41 Å². The highest BCUT2D eigenvalue weighted by Gasteiger charge is 2.25. The number of hydrogen-bond acceptors (Lipinski definition) is 3. The van der Waals surface area contributed by atoms with Gasteiger partial charge in [0.05, 0.1) is 12.5 Å². The zero-order valence-corrected chi connectivity index (χ0v) is 13.4. The molecule has 0 radical (unpaired) electrons. The number of amides is 1. The molecule has 1 amide bonds. The molecule has 0 aliphatic heterocycles. The van der Waals surface area contributed by atoms with Crippen molar-refractivity contribution in [3.8, 4) is 5.75 Å². The monoisotopic (exact) mass is 328 g/mol. The second kappa shape index (κ2) is 6.39. The minimum Gasteiger partial charge on any atom is -0.497 e. The molecule has 0 aromatic heterocycles. The summed E-state index contributed by atoms with van der Waals surface area (Å²) in [5.41, 5.74) is 5.91. The van der Waals surface area contributed by atoms with Crippen LogP contribution in [-0.4, -0.2) is 19.6 Å². The van der Waals surface area contributed by atoms with Gasteiger partial charge in [-0.25, -0.2) is 0 Å². The van der Waals surface area contributed by atoms with Crippen LogP contribution in [0.15, 0.2) is 22.7 Å². The van der Waals surface area contributed by atoms with Gasteiger partial charge < -0.3 is 15.8 Å². The van der Waals surface area contributed by atoms with Crippen molar-refractivity contribution in [2.45, 2.75) is 26.8 Å². The van der Waals surface area contributed by atoms with E-state index < -0.39 is 5.41 Å². The summed E-state index contributed by atoms with van der Waals surface area (Å²) in [6.07, 6.45) is 0. The molecule has 0 unspecified atom stereocenters. The summed E-state index contributed by atoms with van der Waals surface area (Å²) in [4.78, 5) is 11.3. The molecular weight excluding hydrogens is 308 g/mol. The summed E-state index contributed by atoms with van der Waals surface area (Å²) in [5, 5.41) is 3.33. The van der Waals surface area contributed by atoms with E-state index in [1.54, 1.807) is 7.11 Å². The van der Waals surface area contributed by atoms with Gasteiger partial charge in [0.15, 0.2) is 0 Å². The normalized spacial score (nSPS) is 13.1. The first-order chi connectivity index (χ1) is 8.77. The first-order valence-electron chi connectivity index (χ1n) is 6.14. The number of primary amides is 1. The number of ether oxygens (including phenoxy) is 1. The molecule has 5 heteroatoms. The van der Waals surface area contributed by atoms with Crippen molar-refractivity contribution < 1.29 is 9.53 Å². The van der Waals surface area contributed by atoms with Crippen LogP contribution >= 0.6 is 15.9 Å². The van der Waals surface area contributed by atoms with Gasteiger partial charge in [-0.1, -0.05) is 22.0 Å². The highest BCUT2D eigenvalue weighted by Crippen LogP contribution is 2.28. The molecule has 0 spiro atoms.